The molecule has 1 aliphatic heterocycles. The van der Waals surface area contributed by atoms with Gasteiger partial charge in [-0.2, -0.15) is 0 Å². The molecule has 1 fully saturated rings. The number of ketones is 1. The molecule has 1 amide bonds. The standard InChI is InChI=1S/C27H20Cl2N2O8/c1-15-2-6-19(12-23(15)31(36)37)30-13-17(10-25(30)33)26(34)38-14-24(32)16-3-7-20(8-4-16)39-27(35)21-9-5-18(28)11-22(21)29/h2-9,11-12,17H,10,13-14H2,1H3/t17-/m1/s1. The van der Waals surface area contributed by atoms with Crippen LogP contribution in [0, 0.1) is 23.0 Å². The van der Waals surface area contributed by atoms with Gasteiger partial charge in [0, 0.05) is 35.2 Å². The Bertz CT molecular complexity index is 1490. The van der Waals surface area contributed by atoms with Crippen molar-refractivity contribution in [3.8, 4) is 5.75 Å². The lowest BCUT2D eigenvalue weighted by atomic mass is 10.1. The molecule has 12 heteroatoms. The van der Waals surface area contributed by atoms with Crippen molar-refractivity contribution in [3.05, 3.63) is 97.5 Å². The first-order valence-corrected chi connectivity index (χ1v) is 12.3. The fourth-order valence-electron chi connectivity index (χ4n) is 3.94. The van der Waals surface area contributed by atoms with E-state index >= 15 is 0 Å². The lowest BCUT2D eigenvalue weighted by Gasteiger charge is -2.16. The molecule has 1 saturated heterocycles. The molecule has 0 bridgehead atoms. The van der Waals surface area contributed by atoms with Gasteiger partial charge in [-0.05, 0) is 55.5 Å². The van der Waals surface area contributed by atoms with Crippen molar-refractivity contribution in [1.82, 2.24) is 0 Å². The van der Waals surface area contributed by atoms with E-state index in [2.05, 4.69) is 0 Å². The van der Waals surface area contributed by atoms with Gasteiger partial charge in [0.05, 0.1) is 27.1 Å². The number of anilines is 1. The second-order valence-electron chi connectivity index (χ2n) is 8.70. The van der Waals surface area contributed by atoms with Crippen LogP contribution in [-0.2, 0) is 14.3 Å². The van der Waals surface area contributed by atoms with Crippen LogP contribution in [0.4, 0.5) is 11.4 Å². The number of rotatable bonds is 8. The molecule has 3 aromatic rings. The quantitative estimate of drug-likeness (QED) is 0.118. The zero-order valence-corrected chi connectivity index (χ0v) is 21.9. The Morgan fingerprint density at radius 1 is 1.05 bits per heavy atom. The van der Waals surface area contributed by atoms with Crippen molar-refractivity contribution in [2.45, 2.75) is 13.3 Å². The number of carbonyl (C=O) groups excluding carboxylic acids is 4. The predicted octanol–water partition coefficient (Wildman–Crippen LogP) is 5.21. The molecule has 0 spiro atoms. The van der Waals surface area contributed by atoms with Crippen molar-refractivity contribution >= 4 is 58.2 Å². The highest BCUT2D eigenvalue weighted by molar-refractivity contribution is 6.36. The second kappa shape index (κ2) is 11.6. The monoisotopic (exact) mass is 570 g/mol. The van der Waals surface area contributed by atoms with E-state index in [0.717, 1.165) is 0 Å². The molecule has 0 saturated carbocycles. The molecular weight excluding hydrogens is 551 g/mol. The lowest BCUT2D eigenvalue weighted by molar-refractivity contribution is -0.385. The van der Waals surface area contributed by atoms with Gasteiger partial charge < -0.3 is 14.4 Å². The Morgan fingerprint density at radius 3 is 2.44 bits per heavy atom. The van der Waals surface area contributed by atoms with E-state index in [1.165, 1.54) is 59.5 Å². The molecule has 0 radical (unpaired) electrons. The highest BCUT2D eigenvalue weighted by atomic mass is 35.5. The Morgan fingerprint density at radius 2 is 1.77 bits per heavy atom. The van der Waals surface area contributed by atoms with Gasteiger partial charge in [-0.15, -0.1) is 0 Å². The molecule has 0 aromatic heterocycles. The van der Waals surface area contributed by atoms with Crippen LogP contribution in [0.5, 0.6) is 5.75 Å². The van der Waals surface area contributed by atoms with Crippen LogP contribution < -0.4 is 9.64 Å². The average molecular weight is 571 g/mol. The normalized spacial score (nSPS) is 14.7. The van der Waals surface area contributed by atoms with Crippen LogP contribution in [-0.4, -0.2) is 41.7 Å². The number of nitro groups is 1. The summed E-state index contributed by atoms with van der Waals surface area (Å²) >= 11 is 11.8. The zero-order chi connectivity index (χ0) is 28.3. The number of carbonyl (C=O) groups is 4. The van der Waals surface area contributed by atoms with Crippen LogP contribution in [0.2, 0.25) is 10.0 Å². The molecule has 0 aliphatic carbocycles. The van der Waals surface area contributed by atoms with Crippen LogP contribution in [0.1, 0.15) is 32.7 Å². The summed E-state index contributed by atoms with van der Waals surface area (Å²) in [5, 5.41) is 11.7. The SMILES string of the molecule is Cc1ccc(N2C[C@H](C(=O)OCC(=O)c3ccc(OC(=O)c4ccc(Cl)cc4Cl)cc3)CC2=O)cc1[N+](=O)[O-]. The Balaban J connectivity index is 1.31. The molecule has 10 nitrogen and oxygen atoms in total. The minimum absolute atomic E-state index is 0.0240. The maximum atomic E-state index is 12.6. The molecule has 1 aliphatic rings. The number of benzene rings is 3. The average Bonchev–Trinajstić information content (AvgIpc) is 3.29. The maximum Gasteiger partial charge on any atom is 0.345 e. The number of aryl methyl sites for hydroxylation is 1. The van der Waals surface area contributed by atoms with E-state index in [0.29, 0.717) is 16.3 Å². The molecule has 1 atom stereocenters. The molecule has 1 heterocycles. The summed E-state index contributed by atoms with van der Waals surface area (Å²) in [6, 6.07) is 14.4. The highest BCUT2D eigenvalue weighted by Gasteiger charge is 2.37. The number of esters is 2. The van der Waals surface area contributed by atoms with Gasteiger partial charge in [0.1, 0.15) is 5.75 Å². The second-order valence-corrected chi connectivity index (χ2v) is 9.55. The maximum absolute atomic E-state index is 12.6. The van der Waals surface area contributed by atoms with E-state index in [9.17, 15) is 29.3 Å². The number of halogens is 2. The summed E-state index contributed by atoms with van der Waals surface area (Å²) in [4.78, 5) is 61.9. The van der Waals surface area contributed by atoms with Gasteiger partial charge >= 0.3 is 11.9 Å². The third kappa shape index (κ3) is 6.42. The van der Waals surface area contributed by atoms with E-state index in [-0.39, 0.29) is 46.5 Å². The van der Waals surface area contributed by atoms with Crippen LogP contribution in [0.25, 0.3) is 0 Å². The van der Waals surface area contributed by atoms with Gasteiger partial charge in [0.15, 0.2) is 12.4 Å². The fraction of sp³-hybridized carbons (Fsp3) is 0.185. The predicted molar refractivity (Wildman–Crippen MR) is 141 cm³/mol. The first kappa shape index (κ1) is 27.7. The lowest BCUT2D eigenvalue weighted by Crippen LogP contribution is -2.27. The van der Waals surface area contributed by atoms with Crippen molar-refractivity contribution in [2.75, 3.05) is 18.1 Å². The van der Waals surface area contributed by atoms with Crippen LogP contribution in [0.15, 0.2) is 60.7 Å². The Hall–Kier alpha value is -4.28. The number of nitrogens with zero attached hydrogens (tertiary/aromatic N) is 2. The number of amides is 1. The summed E-state index contributed by atoms with van der Waals surface area (Å²) in [7, 11) is 0. The molecule has 39 heavy (non-hydrogen) atoms. The largest absolute Gasteiger partial charge is 0.457 e. The molecule has 4 rings (SSSR count). The summed E-state index contributed by atoms with van der Waals surface area (Å²) < 4.78 is 10.4. The number of nitro benzene ring substituents is 1. The number of hydrogen-bond acceptors (Lipinski definition) is 8. The van der Waals surface area contributed by atoms with E-state index in [4.69, 9.17) is 32.7 Å². The number of ether oxygens (including phenoxy) is 2. The first-order chi connectivity index (χ1) is 18.5. The summed E-state index contributed by atoms with van der Waals surface area (Å²) in [6.07, 6.45) is -0.146. The fourth-order valence-corrected chi connectivity index (χ4v) is 4.43. The van der Waals surface area contributed by atoms with Crippen molar-refractivity contribution in [1.29, 1.82) is 0 Å². The molecule has 200 valence electrons. The van der Waals surface area contributed by atoms with E-state index in [1.807, 2.05) is 0 Å². The molecule has 0 unspecified atom stereocenters. The van der Waals surface area contributed by atoms with Gasteiger partial charge in [-0.3, -0.25) is 24.5 Å². The first-order valence-electron chi connectivity index (χ1n) is 11.6. The van der Waals surface area contributed by atoms with Gasteiger partial charge in [-0.25, -0.2) is 4.79 Å². The summed E-state index contributed by atoms with van der Waals surface area (Å²) in [5.74, 6) is -2.98. The van der Waals surface area contributed by atoms with Crippen LogP contribution >= 0.6 is 23.2 Å². The third-order valence-electron chi connectivity index (χ3n) is 6.04. The number of hydrogen-bond donors (Lipinski definition) is 0. The van der Waals surface area contributed by atoms with E-state index < -0.39 is 35.2 Å². The van der Waals surface area contributed by atoms with Gasteiger partial charge in [-0.1, -0.05) is 29.3 Å². The molecule has 0 N–H and O–H groups in total. The van der Waals surface area contributed by atoms with Crippen molar-refractivity contribution < 1.29 is 33.6 Å². The Labute approximate surface area is 232 Å². The van der Waals surface area contributed by atoms with Crippen molar-refractivity contribution in [3.63, 3.8) is 0 Å². The minimum Gasteiger partial charge on any atom is -0.457 e. The van der Waals surface area contributed by atoms with Crippen LogP contribution in [0.3, 0.4) is 0 Å². The molecular formula is C27H20Cl2N2O8. The smallest absolute Gasteiger partial charge is 0.345 e. The highest BCUT2D eigenvalue weighted by Crippen LogP contribution is 2.30. The topological polar surface area (TPSA) is 133 Å². The van der Waals surface area contributed by atoms with Gasteiger partial charge in [0.25, 0.3) is 5.69 Å². The Kier molecular flexibility index (Phi) is 8.27. The van der Waals surface area contributed by atoms with Gasteiger partial charge in [0.2, 0.25) is 5.91 Å². The summed E-state index contributed by atoms with van der Waals surface area (Å²) in [5.41, 5.74) is 0.956. The third-order valence-corrected chi connectivity index (χ3v) is 6.59. The number of Topliss-reactive ketones (excluding diaryl/α,β-unsaturated/α-hetero) is 1. The zero-order valence-electron chi connectivity index (χ0n) is 20.4. The minimum atomic E-state index is -0.827. The molecule has 3 aromatic carbocycles. The van der Waals surface area contributed by atoms with Crippen molar-refractivity contribution in [2.24, 2.45) is 5.92 Å². The van der Waals surface area contributed by atoms with E-state index in [1.54, 1.807) is 13.0 Å². The summed E-state index contributed by atoms with van der Waals surface area (Å²) in [6.45, 7) is 1.01.